The van der Waals surface area contributed by atoms with Crippen molar-refractivity contribution in [2.45, 2.75) is 38.7 Å². The molecule has 6 heteroatoms. The lowest BCUT2D eigenvalue weighted by Gasteiger charge is -2.44. The molecule has 31 heavy (non-hydrogen) atoms. The fourth-order valence-corrected chi connectivity index (χ4v) is 4.83. The van der Waals surface area contributed by atoms with Gasteiger partial charge in [0, 0.05) is 36.5 Å². The number of anilines is 1. The first kappa shape index (κ1) is 20.0. The van der Waals surface area contributed by atoms with Crippen molar-refractivity contribution in [3.63, 3.8) is 0 Å². The lowest BCUT2D eigenvalue weighted by atomic mass is 9.81. The van der Waals surface area contributed by atoms with Crippen LogP contribution in [0.2, 0.25) is 5.02 Å². The van der Waals surface area contributed by atoms with Crippen molar-refractivity contribution in [2.75, 3.05) is 18.0 Å². The lowest BCUT2D eigenvalue weighted by molar-refractivity contribution is 0.0229. The molecule has 2 aliphatic rings. The van der Waals surface area contributed by atoms with Crippen molar-refractivity contribution in [2.24, 2.45) is 0 Å². The average Bonchev–Trinajstić information content (AvgIpc) is 2.78. The summed E-state index contributed by atoms with van der Waals surface area (Å²) in [4.78, 5) is 15.2. The first-order valence-corrected chi connectivity index (χ1v) is 11.0. The van der Waals surface area contributed by atoms with Crippen LogP contribution in [0.4, 0.5) is 5.82 Å². The molecule has 1 saturated heterocycles. The quantitative estimate of drug-likeness (QED) is 0.540. The van der Waals surface area contributed by atoms with E-state index in [0.29, 0.717) is 22.8 Å². The smallest absolute Gasteiger partial charge is 0.170 e. The fraction of sp³-hybridized carbons (Fsp3) is 0.320. The highest BCUT2D eigenvalue weighted by Crippen LogP contribution is 2.43. The number of nitrogens with zero attached hydrogens (tertiary/aromatic N) is 3. The minimum atomic E-state index is -0.454. The number of Topliss-reactive ketones (excluding diaryl/α,β-unsaturated/α-hetero) is 1. The van der Waals surface area contributed by atoms with Gasteiger partial charge in [0.25, 0.3) is 0 Å². The van der Waals surface area contributed by atoms with E-state index in [-0.39, 0.29) is 5.78 Å². The van der Waals surface area contributed by atoms with Crippen LogP contribution in [-0.4, -0.2) is 34.7 Å². The van der Waals surface area contributed by atoms with Gasteiger partial charge in [-0.3, -0.25) is 4.79 Å². The second-order valence-corrected chi connectivity index (χ2v) is 8.90. The van der Waals surface area contributed by atoms with Crippen LogP contribution >= 0.6 is 11.6 Å². The van der Waals surface area contributed by atoms with Crippen molar-refractivity contribution in [3.8, 4) is 17.0 Å². The predicted molar refractivity (Wildman–Crippen MR) is 122 cm³/mol. The number of hydrogen-bond acceptors (Lipinski definition) is 5. The molecule has 2 aliphatic heterocycles. The number of fused-ring (bicyclic) bond motifs is 1. The molecule has 0 saturated carbocycles. The molecule has 1 fully saturated rings. The maximum absolute atomic E-state index is 13.0. The summed E-state index contributed by atoms with van der Waals surface area (Å²) in [6, 6.07) is 16.0. The SMILES string of the molecule is Cc1cc2c(c(C)c1Cl)C(=O)CC1(CCN(c3ccc(-c4ccccc4)nn3)CC1)O2. The number of aryl methyl sites for hydroxylation is 1. The van der Waals surface area contributed by atoms with Gasteiger partial charge in [-0.05, 0) is 43.2 Å². The second-order valence-electron chi connectivity index (χ2n) is 8.52. The Morgan fingerprint density at radius 1 is 1.03 bits per heavy atom. The molecular formula is C25H24ClN3O2. The van der Waals surface area contributed by atoms with E-state index in [2.05, 4.69) is 15.1 Å². The largest absolute Gasteiger partial charge is 0.486 e. The Bertz CT molecular complexity index is 1140. The number of hydrogen-bond donors (Lipinski definition) is 0. The van der Waals surface area contributed by atoms with Crippen LogP contribution in [0.25, 0.3) is 11.3 Å². The fourth-order valence-electron chi connectivity index (χ4n) is 4.68. The molecule has 0 bridgehead atoms. The van der Waals surface area contributed by atoms with Gasteiger partial charge in [0.05, 0.1) is 17.7 Å². The molecule has 158 valence electrons. The Balaban J connectivity index is 1.32. The molecule has 0 amide bonds. The van der Waals surface area contributed by atoms with Gasteiger partial charge in [-0.25, -0.2) is 0 Å². The summed E-state index contributed by atoms with van der Waals surface area (Å²) in [6.45, 7) is 5.39. The van der Waals surface area contributed by atoms with Crippen molar-refractivity contribution in [1.82, 2.24) is 10.2 Å². The molecule has 0 unspecified atom stereocenters. The molecule has 2 aromatic carbocycles. The van der Waals surface area contributed by atoms with Crippen LogP contribution in [-0.2, 0) is 0 Å². The molecule has 5 nitrogen and oxygen atoms in total. The molecule has 1 spiro atoms. The van der Waals surface area contributed by atoms with Crippen molar-refractivity contribution in [3.05, 3.63) is 70.2 Å². The number of rotatable bonds is 2. The summed E-state index contributed by atoms with van der Waals surface area (Å²) < 4.78 is 6.47. The van der Waals surface area contributed by atoms with Gasteiger partial charge in [0.1, 0.15) is 11.4 Å². The summed E-state index contributed by atoms with van der Waals surface area (Å²) in [5.41, 5.74) is 3.87. The topological polar surface area (TPSA) is 55.3 Å². The highest BCUT2D eigenvalue weighted by atomic mass is 35.5. The Labute approximate surface area is 187 Å². The maximum Gasteiger partial charge on any atom is 0.170 e. The Hall–Kier alpha value is -2.92. The number of piperidine rings is 1. The third kappa shape index (κ3) is 3.57. The van der Waals surface area contributed by atoms with E-state index >= 15 is 0 Å². The Morgan fingerprint density at radius 2 is 1.77 bits per heavy atom. The van der Waals surface area contributed by atoms with Gasteiger partial charge < -0.3 is 9.64 Å². The van der Waals surface area contributed by atoms with Crippen molar-refractivity contribution in [1.29, 1.82) is 0 Å². The molecule has 0 N–H and O–H groups in total. The number of ketones is 1. The van der Waals surface area contributed by atoms with Gasteiger partial charge in [-0.15, -0.1) is 10.2 Å². The maximum atomic E-state index is 13.0. The summed E-state index contributed by atoms with van der Waals surface area (Å²) in [7, 11) is 0. The third-order valence-electron chi connectivity index (χ3n) is 6.45. The lowest BCUT2D eigenvalue weighted by Crippen LogP contribution is -2.51. The number of halogens is 1. The molecule has 0 radical (unpaired) electrons. The molecule has 3 heterocycles. The average molecular weight is 434 g/mol. The van der Waals surface area contributed by atoms with E-state index in [4.69, 9.17) is 16.3 Å². The molecular weight excluding hydrogens is 410 g/mol. The van der Waals surface area contributed by atoms with Crippen LogP contribution in [0, 0.1) is 13.8 Å². The highest BCUT2D eigenvalue weighted by molar-refractivity contribution is 6.32. The zero-order valence-electron chi connectivity index (χ0n) is 17.7. The molecule has 1 aromatic heterocycles. The normalized spacial score (nSPS) is 17.4. The van der Waals surface area contributed by atoms with E-state index in [1.807, 2.05) is 62.4 Å². The first-order chi connectivity index (χ1) is 15.0. The van der Waals surface area contributed by atoms with Crippen LogP contribution in [0.15, 0.2) is 48.5 Å². The predicted octanol–water partition coefficient (Wildman–Crippen LogP) is 5.42. The summed E-state index contributed by atoms with van der Waals surface area (Å²) in [6.07, 6.45) is 1.93. The zero-order valence-corrected chi connectivity index (χ0v) is 18.4. The van der Waals surface area contributed by atoms with Gasteiger partial charge >= 0.3 is 0 Å². The summed E-state index contributed by atoms with van der Waals surface area (Å²) >= 11 is 6.37. The summed E-state index contributed by atoms with van der Waals surface area (Å²) in [5, 5.41) is 9.51. The van der Waals surface area contributed by atoms with Crippen LogP contribution in [0.3, 0.4) is 0 Å². The minimum absolute atomic E-state index is 0.126. The Kier molecular flexibility index (Phi) is 4.94. The van der Waals surface area contributed by atoms with E-state index in [0.717, 1.165) is 54.1 Å². The zero-order chi connectivity index (χ0) is 21.6. The third-order valence-corrected chi connectivity index (χ3v) is 7.03. The van der Waals surface area contributed by atoms with E-state index in [9.17, 15) is 4.79 Å². The molecule has 0 aliphatic carbocycles. The van der Waals surface area contributed by atoms with Crippen LogP contribution < -0.4 is 9.64 Å². The van der Waals surface area contributed by atoms with Gasteiger partial charge in [-0.2, -0.15) is 0 Å². The number of ether oxygens (including phenoxy) is 1. The Morgan fingerprint density at radius 3 is 2.45 bits per heavy atom. The van der Waals surface area contributed by atoms with Gasteiger partial charge in [0.15, 0.2) is 11.6 Å². The molecule has 0 atom stereocenters. The molecule has 5 rings (SSSR count). The molecule has 3 aromatic rings. The van der Waals surface area contributed by atoms with Crippen molar-refractivity contribution < 1.29 is 9.53 Å². The van der Waals surface area contributed by atoms with E-state index in [1.54, 1.807) is 0 Å². The standard InChI is InChI=1S/C25H24ClN3O2/c1-16-14-21-23(17(2)24(16)26)20(30)15-25(31-21)10-12-29(13-11-25)22-9-8-19(27-28-22)18-6-4-3-5-7-18/h3-9,14H,10-13,15H2,1-2H3. The van der Waals surface area contributed by atoms with Crippen molar-refractivity contribution >= 4 is 23.2 Å². The van der Waals surface area contributed by atoms with E-state index in [1.165, 1.54) is 0 Å². The first-order valence-electron chi connectivity index (χ1n) is 10.6. The monoisotopic (exact) mass is 433 g/mol. The number of benzene rings is 2. The minimum Gasteiger partial charge on any atom is -0.486 e. The number of aromatic nitrogens is 2. The number of carbonyl (C=O) groups is 1. The van der Waals surface area contributed by atoms with E-state index < -0.39 is 5.60 Å². The van der Waals surface area contributed by atoms with Gasteiger partial charge in [0.2, 0.25) is 0 Å². The van der Waals surface area contributed by atoms with Crippen LogP contribution in [0.1, 0.15) is 40.7 Å². The second kappa shape index (κ2) is 7.65. The summed E-state index contributed by atoms with van der Waals surface area (Å²) in [5.74, 6) is 1.66. The van der Waals surface area contributed by atoms with Gasteiger partial charge in [-0.1, -0.05) is 41.9 Å². The highest BCUT2D eigenvalue weighted by Gasteiger charge is 2.44. The number of carbonyl (C=O) groups excluding carboxylic acids is 1. The van der Waals surface area contributed by atoms with Crippen LogP contribution in [0.5, 0.6) is 5.75 Å².